The smallest absolute Gasteiger partial charge is 0.0541 e. The number of aromatic nitrogens is 2. The zero-order valence-corrected chi connectivity index (χ0v) is 43.0. The van der Waals surface area contributed by atoms with E-state index in [0.29, 0.717) is 0 Å². The molecule has 15 rings (SSSR count). The van der Waals surface area contributed by atoms with E-state index in [9.17, 15) is 0 Å². The van der Waals surface area contributed by atoms with E-state index in [4.69, 9.17) is 0 Å². The highest BCUT2D eigenvalue weighted by Gasteiger charge is 2.35. The van der Waals surface area contributed by atoms with Crippen LogP contribution in [0.5, 0.6) is 0 Å². The van der Waals surface area contributed by atoms with Gasteiger partial charge in [-0.2, -0.15) is 0 Å². The zero-order chi connectivity index (χ0) is 51.2. The minimum Gasteiger partial charge on any atom is -0.309 e. The number of benzene rings is 12. The van der Waals surface area contributed by atoms with Gasteiger partial charge in [0, 0.05) is 37.7 Å². The molecule has 14 aromatic rings. The van der Waals surface area contributed by atoms with Crippen LogP contribution in [0.1, 0.15) is 47.2 Å². The molecule has 0 N–H and O–H groups in total. The summed E-state index contributed by atoms with van der Waals surface area (Å²) < 4.78 is 4.85. The standard InChI is InChI=1S/C75H52N2/c1-75(2)67-45-51(27-25-49-29-35-53(36-30-49)57-39-43-73-65(47-57)63-19-7-9-21-71(63)76(73)69-23-11-15-55-13-3-5-17-59(55)69)33-41-61(67)62-42-34-52(46-68(62)75)28-26-50-31-37-54(38-32-50)58-40-44-74-66(48-58)64-20-8-10-22-72(64)77(74)70-24-12-16-56-14-4-6-18-60(56)70/h3-48H,1-2H3/b27-25+,28-26+. The molecule has 0 aliphatic heterocycles. The Labute approximate surface area is 448 Å². The third-order valence-corrected chi connectivity index (χ3v) is 16.5. The molecule has 2 heterocycles. The fraction of sp³-hybridized carbons (Fsp3) is 0.0400. The van der Waals surface area contributed by atoms with Gasteiger partial charge < -0.3 is 9.13 Å². The molecule has 1 aliphatic carbocycles. The van der Waals surface area contributed by atoms with Crippen molar-refractivity contribution >= 4 is 89.5 Å². The molecule has 12 aromatic carbocycles. The first-order chi connectivity index (χ1) is 37.9. The van der Waals surface area contributed by atoms with E-state index < -0.39 is 0 Å². The summed E-state index contributed by atoms with van der Waals surface area (Å²) >= 11 is 0. The van der Waals surface area contributed by atoms with Crippen LogP contribution in [0.4, 0.5) is 0 Å². The summed E-state index contributed by atoms with van der Waals surface area (Å²) in [4.78, 5) is 0. The van der Waals surface area contributed by atoms with E-state index in [2.05, 4.69) is 302 Å². The van der Waals surface area contributed by atoms with Crippen molar-refractivity contribution in [1.82, 2.24) is 9.13 Å². The fourth-order valence-electron chi connectivity index (χ4n) is 12.6. The fourth-order valence-corrected chi connectivity index (χ4v) is 12.6. The quantitative estimate of drug-likeness (QED) is 0.134. The minimum atomic E-state index is -0.133. The van der Waals surface area contributed by atoms with Gasteiger partial charge in [0.2, 0.25) is 0 Å². The molecule has 0 unspecified atom stereocenters. The van der Waals surface area contributed by atoms with Gasteiger partial charge in [0.15, 0.2) is 0 Å². The number of rotatable bonds is 8. The third-order valence-electron chi connectivity index (χ3n) is 16.5. The molecule has 0 fully saturated rings. The van der Waals surface area contributed by atoms with Gasteiger partial charge in [-0.3, -0.25) is 0 Å². The number of fused-ring (bicyclic) bond motifs is 11. The van der Waals surface area contributed by atoms with Gasteiger partial charge in [0.05, 0.1) is 33.4 Å². The molecule has 2 heteroatoms. The van der Waals surface area contributed by atoms with Crippen molar-refractivity contribution < 1.29 is 0 Å². The summed E-state index contributed by atoms with van der Waals surface area (Å²) in [5.41, 5.74) is 22.1. The van der Waals surface area contributed by atoms with Crippen LogP contribution in [0.25, 0.3) is 134 Å². The monoisotopic (exact) mass is 980 g/mol. The minimum absolute atomic E-state index is 0.133. The molecular weight excluding hydrogens is 929 g/mol. The van der Waals surface area contributed by atoms with E-state index in [1.807, 2.05) is 0 Å². The van der Waals surface area contributed by atoms with Crippen molar-refractivity contribution in [3.8, 4) is 44.8 Å². The molecule has 2 aromatic heterocycles. The molecule has 77 heavy (non-hydrogen) atoms. The highest BCUT2D eigenvalue weighted by Crippen LogP contribution is 2.49. The molecule has 2 nitrogen and oxygen atoms in total. The highest BCUT2D eigenvalue weighted by molar-refractivity contribution is 6.13. The molecule has 0 bridgehead atoms. The summed E-state index contributed by atoms with van der Waals surface area (Å²) in [6, 6.07) is 93.8. The van der Waals surface area contributed by atoms with Crippen molar-refractivity contribution in [1.29, 1.82) is 0 Å². The maximum atomic E-state index is 2.43. The van der Waals surface area contributed by atoms with Gasteiger partial charge in [-0.1, -0.05) is 244 Å². The summed E-state index contributed by atoms with van der Waals surface area (Å²) in [6.07, 6.45) is 8.99. The Kier molecular flexibility index (Phi) is 10.3. The first kappa shape index (κ1) is 44.7. The molecule has 0 saturated heterocycles. The van der Waals surface area contributed by atoms with E-state index in [1.165, 1.54) is 143 Å². The molecular formula is C75H52N2. The van der Waals surface area contributed by atoms with Crippen LogP contribution in [0.2, 0.25) is 0 Å². The number of hydrogen-bond donors (Lipinski definition) is 0. The Hall–Kier alpha value is -9.76. The Morgan fingerprint density at radius 1 is 0.273 bits per heavy atom. The van der Waals surface area contributed by atoms with Crippen LogP contribution in [-0.4, -0.2) is 9.13 Å². The third kappa shape index (κ3) is 7.40. The Morgan fingerprint density at radius 2 is 0.623 bits per heavy atom. The first-order valence-electron chi connectivity index (χ1n) is 26.8. The molecule has 0 atom stereocenters. The predicted molar refractivity (Wildman–Crippen MR) is 329 cm³/mol. The van der Waals surface area contributed by atoms with E-state index in [0.717, 1.165) is 0 Å². The Bertz CT molecular complexity index is 4430. The lowest BCUT2D eigenvalue weighted by atomic mass is 9.81. The lowest BCUT2D eigenvalue weighted by molar-refractivity contribution is 0.660. The van der Waals surface area contributed by atoms with Crippen LogP contribution in [0.15, 0.2) is 255 Å². The summed E-state index contributed by atoms with van der Waals surface area (Å²) in [7, 11) is 0. The van der Waals surface area contributed by atoms with Crippen molar-refractivity contribution in [2.75, 3.05) is 0 Å². The van der Waals surface area contributed by atoms with Crippen molar-refractivity contribution in [3.63, 3.8) is 0 Å². The van der Waals surface area contributed by atoms with Crippen LogP contribution in [-0.2, 0) is 5.41 Å². The zero-order valence-electron chi connectivity index (χ0n) is 43.0. The predicted octanol–water partition coefficient (Wildman–Crippen LogP) is 20.2. The maximum absolute atomic E-state index is 2.43. The Morgan fingerprint density at radius 3 is 1.08 bits per heavy atom. The molecule has 0 spiro atoms. The van der Waals surface area contributed by atoms with Gasteiger partial charge in [0.25, 0.3) is 0 Å². The number of hydrogen-bond acceptors (Lipinski definition) is 0. The average Bonchev–Trinajstić information content (AvgIpc) is 4.22. The van der Waals surface area contributed by atoms with Crippen LogP contribution in [0.3, 0.4) is 0 Å². The average molecular weight is 981 g/mol. The summed E-state index contributed by atoms with van der Waals surface area (Å²) in [6.45, 7) is 4.74. The highest BCUT2D eigenvalue weighted by atomic mass is 15.0. The van der Waals surface area contributed by atoms with E-state index >= 15 is 0 Å². The molecule has 0 radical (unpaired) electrons. The van der Waals surface area contributed by atoms with Crippen LogP contribution >= 0.6 is 0 Å². The largest absolute Gasteiger partial charge is 0.309 e. The topological polar surface area (TPSA) is 9.86 Å². The number of para-hydroxylation sites is 2. The van der Waals surface area contributed by atoms with Gasteiger partial charge in [-0.05, 0) is 126 Å². The van der Waals surface area contributed by atoms with E-state index in [1.54, 1.807) is 0 Å². The van der Waals surface area contributed by atoms with Crippen LogP contribution in [0, 0.1) is 0 Å². The first-order valence-corrected chi connectivity index (χ1v) is 26.8. The second kappa shape index (κ2) is 17.7. The number of nitrogens with zero attached hydrogens (tertiary/aromatic N) is 2. The SMILES string of the molecule is CC1(C)c2cc(/C=C/c3ccc(-c4ccc5c(c4)c4ccccc4n5-c4cccc5ccccc45)cc3)ccc2-c2ccc(/C=C/c3ccc(-c4ccc5c(c4)c4ccccc4n5-c4cccc5ccccc45)cc3)cc21. The van der Waals surface area contributed by atoms with Crippen molar-refractivity contribution in [3.05, 3.63) is 288 Å². The van der Waals surface area contributed by atoms with Crippen molar-refractivity contribution in [2.24, 2.45) is 0 Å². The van der Waals surface area contributed by atoms with Crippen LogP contribution < -0.4 is 0 Å². The van der Waals surface area contributed by atoms with Crippen molar-refractivity contribution in [2.45, 2.75) is 19.3 Å². The molecule has 0 amide bonds. The summed E-state index contributed by atoms with van der Waals surface area (Å²) in [5, 5.41) is 10.0. The van der Waals surface area contributed by atoms with Gasteiger partial charge in [0.1, 0.15) is 0 Å². The second-order valence-corrected chi connectivity index (χ2v) is 21.3. The molecule has 1 aliphatic rings. The summed E-state index contributed by atoms with van der Waals surface area (Å²) in [5.74, 6) is 0. The normalized spacial score (nSPS) is 13.1. The van der Waals surface area contributed by atoms with Gasteiger partial charge >= 0.3 is 0 Å². The lowest BCUT2D eigenvalue weighted by Crippen LogP contribution is -2.15. The molecule has 362 valence electrons. The van der Waals surface area contributed by atoms with E-state index in [-0.39, 0.29) is 5.41 Å². The maximum Gasteiger partial charge on any atom is 0.0541 e. The van der Waals surface area contributed by atoms with Gasteiger partial charge in [-0.15, -0.1) is 0 Å². The van der Waals surface area contributed by atoms with Gasteiger partial charge in [-0.25, -0.2) is 0 Å². The second-order valence-electron chi connectivity index (χ2n) is 21.3. The lowest BCUT2D eigenvalue weighted by Gasteiger charge is -2.22. The molecule has 0 saturated carbocycles. The Balaban J connectivity index is 0.652.